The van der Waals surface area contributed by atoms with Crippen LogP contribution in [-0.2, 0) is 0 Å². The molecule has 9 heteroatoms. The van der Waals surface area contributed by atoms with Crippen LogP contribution in [0.1, 0.15) is 15.9 Å². The Hall–Kier alpha value is -2.94. The predicted molar refractivity (Wildman–Crippen MR) is 85.6 cm³/mol. The SMILES string of the molecule is O=C(NN=Cc1cc(Br)cc([N+](=O)[O-])c1O)c1ccccc1O. The molecule has 0 saturated heterocycles. The number of phenols is 2. The van der Waals surface area contributed by atoms with Crippen molar-refractivity contribution in [2.45, 2.75) is 0 Å². The number of amides is 1. The molecule has 2 aromatic carbocycles. The highest BCUT2D eigenvalue weighted by Crippen LogP contribution is 2.32. The standard InChI is InChI=1S/C14H10BrN3O5/c15-9-5-8(13(20)11(6-9)18(22)23)7-16-17-14(21)10-3-1-2-4-12(10)19/h1-7,19-20H,(H,17,21). The second kappa shape index (κ2) is 6.88. The van der Waals surface area contributed by atoms with Crippen LogP contribution in [0, 0.1) is 10.1 Å². The third-order valence-corrected chi connectivity index (χ3v) is 3.26. The minimum absolute atomic E-state index is 0.0223. The maximum atomic E-state index is 11.8. The van der Waals surface area contributed by atoms with Crippen LogP contribution in [-0.4, -0.2) is 27.3 Å². The summed E-state index contributed by atoms with van der Waals surface area (Å²) in [5.41, 5.74) is 1.73. The van der Waals surface area contributed by atoms with Gasteiger partial charge in [-0.1, -0.05) is 28.1 Å². The number of carbonyl (C=O) groups excluding carboxylic acids is 1. The van der Waals surface area contributed by atoms with Gasteiger partial charge in [-0.05, 0) is 18.2 Å². The van der Waals surface area contributed by atoms with Gasteiger partial charge in [0.25, 0.3) is 5.91 Å². The Bertz CT molecular complexity index is 807. The number of nitrogens with zero attached hydrogens (tertiary/aromatic N) is 2. The van der Waals surface area contributed by atoms with Crippen molar-refractivity contribution in [2.24, 2.45) is 5.10 Å². The lowest BCUT2D eigenvalue weighted by Gasteiger charge is -2.03. The van der Waals surface area contributed by atoms with E-state index in [0.29, 0.717) is 4.47 Å². The first-order valence-corrected chi connectivity index (χ1v) is 6.97. The number of rotatable bonds is 4. The van der Waals surface area contributed by atoms with Crippen molar-refractivity contribution in [3.05, 3.63) is 62.1 Å². The Morgan fingerprint density at radius 3 is 2.65 bits per heavy atom. The number of nitrogens with one attached hydrogen (secondary N) is 1. The molecular formula is C14H10BrN3O5. The predicted octanol–water partition coefficient (Wildman–Crippen LogP) is 2.53. The fourth-order valence-electron chi connectivity index (χ4n) is 1.73. The van der Waals surface area contributed by atoms with E-state index in [9.17, 15) is 25.1 Å². The molecule has 2 rings (SSSR count). The average molecular weight is 380 g/mol. The first kappa shape index (κ1) is 16.4. The largest absolute Gasteiger partial charge is 0.507 e. The van der Waals surface area contributed by atoms with Crippen LogP contribution in [0.5, 0.6) is 11.5 Å². The molecule has 0 fully saturated rings. The van der Waals surface area contributed by atoms with E-state index in [1.54, 1.807) is 12.1 Å². The number of benzene rings is 2. The van der Waals surface area contributed by atoms with Crippen LogP contribution in [0.2, 0.25) is 0 Å². The molecule has 23 heavy (non-hydrogen) atoms. The van der Waals surface area contributed by atoms with Gasteiger partial charge < -0.3 is 10.2 Å². The van der Waals surface area contributed by atoms with Crippen molar-refractivity contribution >= 4 is 33.7 Å². The average Bonchev–Trinajstić information content (AvgIpc) is 2.50. The molecule has 0 atom stereocenters. The molecule has 0 aliphatic carbocycles. The van der Waals surface area contributed by atoms with Crippen LogP contribution in [0.15, 0.2) is 46.0 Å². The highest BCUT2D eigenvalue weighted by atomic mass is 79.9. The van der Waals surface area contributed by atoms with Gasteiger partial charge in [0.15, 0.2) is 0 Å². The molecule has 1 amide bonds. The minimum Gasteiger partial charge on any atom is -0.507 e. The normalized spacial score (nSPS) is 10.7. The van der Waals surface area contributed by atoms with Crippen LogP contribution in [0.4, 0.5) is 5.69 Å². The number of para-hydroxylation sites is 1. The lowest BCUT2D eigenvalue weighted by molar-refractivity contribution is -0.385. The smallest absolute Gasteiger partial charge is 0.312 e. The van der Waals surface area contributed by atoms with Crippen molar-refractivity contribution in [3.8, 4) is 11.5 Å². The molecule has 0 bridgehead atoms. The molecule has 0 spiro atoms. The lowest BCUT2D eigenvalue weighted by atomic mass is 10.2. The van der Waals surface area contributed by atoms with Crippen molar-refractivity contribution < 1.29 is 19.9 Å². The van der Waals surface area contributed by atoms with Crippen LogP contribution in [0.25, 0.3) is 0 Å². The summed E-state index contributed by atoms with van der Waals surface area (Å²) in [4.78, 5) is 21.9. The van der Waals surface area contributed by atoms with E-state index < -0.39 is 22.3 Å². The summed E-state index contributed by atoms with van der Waals surface area (Å²) in [6.45, 7) is 0. The first-order valence-electron chi connectivity index (χ1n) is 6.18. The van der Waals surface area contributed by atoms with Gasteiger partial charge in [0.05, 0.1) is 16.7 Å². The third-order valence-electron chi connectivity index (χ3n) is 2.80. The number of nitro benzene ring substituents is 1. The zero-order valence-corrected chi connectivity index (χ0v) is 13.0. The number of carbonyl (C=O) groups is 1. The molecule has 0 heterocycles. The van der Waals surface area contributed by atoms with Gasteiger partial charge in [-0.2, -0.15) is 5.10 Å². The van der Waals surface area contributed by atoms with E-state index in [1.807, 2.05) is 0 Å². The molecule has 0 aromatic heterocycles. The molecule has 0 unspecified atom stereocenters. The molecule has 2 aromatic rings. The van der Waals surface area contributed by atoms with Gasteiger partial charge in [-0.25, -0.2) is 5.43 Å². The summed E-state index contributed by atoms with van der Waals surface area (Å²) in [6, 6.07) is 8.44. The summed E-state index contributed by atoms with van der Waals surface area (Å²) >= 11 is 3.08. The monoisotopic (exact) mass is 379 g/mol. The van der Waals surface area contributed by atoms with Crippen molar-refractivity contribution in [3.63, 3.8) is 0 Å². The van der Waals surface area contributed by atoms with Gasteiger partial charge in [0.2, 0.25) is 5.75 Å². The summed E-state index contributed by atoms with van der Waals surface area (Å²) in [6.07, 6.45) is 1.06. The quantitative estimate of drug-likeness (QED) is 0.427. The number of hydrogen-bond acceptors (Lipinski definition) is 6. The second-order valence-electron chi connectivity index (χ2n) is 4.34. The van der Waals surface area contributed by atoms with Crippen molar-refractivity contribution in [1.29, 1.82) is 0 Å². The molecule has 0 aliphatic rings. The van der Waals surface area contributed by atoms with Gasteiger partial charge in [-0.3, -0.25) is 14.9 Å². The van der Waals surface area contributed by atoms with Crippen LogP contribution >= 0.6 is 15.9 Å². The number of hydrazone groups is 1. The van der Waals surface area contributed by atoms with E-state index in [2.05, 4.69) is 26.5 Å². The molecule has 118 valence electrons. The molecule has 0 saturated carbocycles. The summed E-state index contributed by atoms with van der Waals surface area (Å²) < 4.78 is 0.371. The fourth-order valence-corrected chi connectivity index (χ4v) is 2.19. The maximum Gasteiger partial charge on any atom is 0.312 e. The topological polar surface area (TPSA) is 125 Å². The Morgan fingerprint density at radius 2 is 2.00 bits per heavy atom. The van der Waals surface area contributed by atoms with E-state index in [0.717, 1.165) is 12.3 Å². The zero-order chi connectivity index (χ0) is 17.0. The van der Waals surface area contributed by atoms with E-state index in [4.69, 9.17) is 0 Å². The van der Waals surface area contributed by atoms with Gasteiger partial charge >= 0.3 is 5.69 Å². The number of phenolic OH excluding ortho intramolecular Hbond substituents is 2. The number of aromatic hydroxyl groups is 2. The van der Waals surface area contributed by atoms with Gasteiger partial charge in [-0.15, -0.1) is 0 Å². The Labute approximate surface area is 138 Å². The van der Waals surface area contributed by atoms with E-state index in [1.165, 1.54) is 18.2 Å². The molecule has 0 aliphatic heterocycles. The second-order valence-corrected chi connectivity index (χ2v) is 5.25. The lowest BCUT2D eigenvalue weighted by Crippen LogP contribution is -2.17. The fraction of sp³-hybridized carbons (Fsp3) is 0. The van der Waals surface area contributed by atoms with E-state index >= 15 is 0 Å². The van der Waals surface area contributed by atoms with Gasteiger partial charge in [0.1, 0.15) is 5.75 Å². The number of nitro groups is 1. The molecular weight excluding hydrogens is 370 g/mol. The zero-order valence-electron chi connectivity index (χ0n) is 11.4. The Morgan fingerprint density at radius 1 is 1.30 bits per heavy atom. The Kier molecular flexibility index (Phi) is 4.91. The highest BCUT2D eigenvalue weighted by molar-refractivity contribution is 9.10. The minimum atomic E-state index is -0.738. The van der Waals surface area contributed by atoms with Gasteiger partial charge in [0, 0.05) is 16.1 Å². The molecule has 3 N–H and O–H groups in total. The Balaban J connectivity index is 2.20. The number of halogens is 1. The van der Waals surface area contributed by atoms with Crippen LogP contribution in [0.3, 0.4) is 0 Å². The van der Waals surface area contributed by atoms with Crippen molar-refractivity contribution in [1.82, 2.24) is 5.43 Å². The summed E-state index contributed by atoms with van der Waals surface area (Å²) in [5, 5.41) is 33.8. The summed E-state index contributed by atoms with van der Waals surface area (Å²) in [5.74, 6) is -1.44. The number of hydrogen-bond donors (Lipinski definition) is 3. The summed E-state index contributed by atoms with van der Waals surface area (Å²) in [7, 11) is 0. The first-order chi connectivity index (χ1) is 10.9. The molecule has 0 radical (unpaired) electrons. The highest BCUT2D eigenvalue weighted by Gasteiger charge is 2.17. The van der Waals surface area contributed by atoms with E-state index in [-0.39, 0.29) is 16.9 Å². The maximum absolute atomic E-state index is 11.8. The molecule has 8 nitrogen and oxygen atoms in total. The third kappa shape index (κ3) is 3.83. The van der Waals surface area contributed by atoms with Crippen LogP contribution < -0.4 is 5.43 Å². The van der Waals surface area contributed by atoms with Crippen molar-refractivity contribution in [2.75, 3.05) is 0 Å².